The Morgan fingerprint density at radius 3 is 2.30 bits per heavy atom. The van der Waals surface area contributed by atoms with E-state index in [4.69, 9.17) is 9.47 Å². The Hall–Kier alpha value is -1.70. The molecule has 0 saturated carbocycles. The van der Waals surface area contributed by atoms with Gasteiger partial charge in [0, 0.05) is 5.56 Å². The van der Waals surface area contributed by atoms with Crippen LogP contribution in [-0.2, 0) is 6.42 Å². The van der Waals surface area contributed by atoms with Gasteiger partial charge in [-0.3, -0.25) is 0 Å². The molecule has 0 saturated heterocycles. The summed E-state index contributed by atoms with van der Waals surface area (Å²) in [6, 6.07) is 10.6. The van der Waals surface area contributed by atoms with Crippen molar-refractivity contribution in [3.63, 3.8) is 0 Å². The first-order chi connectivity index (χ1) is 9.81. The zero-order valence-corrected chi connectivity index (χ0v) is 12.7. The van der Waals surface area contributed by atoms with Gasteiger partial charge in [-0.05, 0) is 36.1 Å². The molecule has 0 fully saturated rings. The summed E-state index contributed by atoms with van der Waals surface area (Å²) in [5.74, 6) is 1.82. The average Bonchev–Trinajstić information content (AvgIpc) is 2.49. The monoisotopic (exact) mass is 272 g/mol. The van der Waals surface area contributed by atoms with Crippen LogP contribution in [0.1, 0.15) is 39.2 Å². The second-order valence-electron chi connectivity index (χ2n) is 4.95. The lowest BCUT2D eigenvalue weighted by atomic mass is 10.0. The molecule has 2 rings (SSSR count). The maximum absolute atomic E-state index is 5.99. The summed E-state index contributed by atoms with van der Waals surface area (Å²) >= 11 is 0. The predicted octanol–water partition coefficient (Wildman–Crippen LogP) is 4.98. The van der Waals surface area contributed by atoms with Crippen molar-refractivity contribution >= 4 is 10.8 Å². The molecule has 2 aromatic rings. The summed E-state index contributed by atoms with van der Waals surface area (Å²) in [4.78, 5) is 0. The molecule has 108 valence electrons. The van der Waals surface area contributed by atoms with Gasteiger partial charge in [0.05, 0.1) is 13.2 Å². The van der Waals surface area contributed by atoms with Crippen LogP contribution in [0, 0.1) is 0 Å². The molecule has 0 aromatic heterocycles. The normalized spacial score (nSPS) is 10.8. The summed E-state index contributed by atoms with van der Waals surface area (Å²) in [5, 5.41) is 2.49. The summed E-state index contributed by atoms with van der Waals surface area (Å²) in [6.45, 7) is 7.87. The van der Waals surface area contributed by atoms with E-state index in [2.05, 4.69) is 51.1 Å². The molecule has 0 unspecified atom stereocenters. The third-order valence-corrected chi connectivity index (χ3v) is 3.34. The van der Waals surface area contributed by atoms with Gasteiger partial charge in [-0.15, -0.1) is 0 Å². The molecular formula is C18H24O2. The first kappa shape index (κ1) is 14.7. The maximum Gasteiger partial charge on any atom is 0.164 e. The first-order valence-corrected chi connectivity index (χ1v) is 7.62. The minimum Gasteiger partial charge on any atom is -0.490 e. The van der Waals surface area contributed by atoms with Gasteiger partial charge >= 0.3 is 0 Å². The van der Waals surface area contributed by atoms with Crippen LogP contribution in [0.5, 0.6) is 11.5 Å². The van der Waals surface area contributed by atoms with Crippen LogP contribution in [0.3, 0.4) is 0 Å². The SMILES string of the molecule is CCCOc1cc2ccccc2c(CC)c1OCCC. The highest BCUT2D eigenvalue weighted by molar-refractivity contribution is 5.90. The topological polar surface area (TPSA) is 18.5 Å². The second kappa shape index (κ2) is 7.18. The fourth-order valence-electron chi connectivity index (χ4n) is 2.41. The largest absolute Gasteiger partial charge is 0.490 e. The van der Waals surface area contributed by atoms with Crippen molar-refractivity contribution < 1.29 is 9.47 Å². The van der Waals surface area contributed by atoms with E-state index in [0.717, 1.165) is 44.0 Å². The van der Waals surface area contributed by atoms with Crippen LogP contribution in [0.2, 0.25) is 0 Å². The molecule has 0 aliphatic rings. The van der Waals surface area contributed by atoms with Gasteiger partial charge in [0.1, 0.15) is 0 Å². The average molecular weight is 272 g/mol. The fraction of sp³-hybridized carbons (Fsp3) is 0.444. The van der Waals surface area contributed by atoms with E-state index in [1.54, 1.807) is 0 Å². The molecular weight excluding hydrogens is 248 g/mol. The van der Waals surface area contributed by atoms with Crippen molar-refractivity contribution in [3.8, 4) is 11.5 Å². The molecule has 2 heteroatoms. The van der Waals surface area contributed by atoms with E-state index in [1.165, 1.54) is 16.3 Å². The molecule has 0 aliphatic carbocycles. The fourth-order valence-corrected chi connectivity index (χ4v) is 2.41. The summed E-state index contributed by atoms with van der Waals surface area (Å²) in [6.07, 6.45) is 2.95. The van der Waals surface area contributed by atoms with Gasteiger partial charge in [-0.2, -0.15) is 0 Å². The van der Waals surface area contributed by atoms with Crippen molar-refractivity contribution in [3.05, 3.63) is 35.9 Å². The Morgan fingerprint density at radius 1 is 0.900 bits per heavy atom. The lowest BCUT2D eigenvalue weighted by molar-refractivity contribution is 0.267. The summed E-state index contributed by atoms with van der Waals surface area (Å²) in [5.41, 5.74) is 1.25. The number of benzene rings is 2. The highest BCUT2D eigenvalue weighted by atomic mass is 16.5. The van der Waals surface area contributed by atoms with Crippen molar-refractivity contribution in [1.29, 1.82) is 0 Å². The van der Waals surface area contributed by atoms with Crippen molar-refractivity contribution in [2.24, 2.45) is 0 Å². The van der Waals surface area contributed by atoms with Gasteiger partial charge in [-0.25, -0.2) is 0 Å². The molecule has 0 heterocycles. The molecule has 0 N–H and O–H groups in total. The number of fused-ring (bicyclic) bond motifs is 1. The first-order valence-electron chi connectivity index (χ1n) is 7.62. The van der Waals surface area contributed by atoms with E-state index in [1.807, 2.05) is 0 Å². The Bertz CT molecular complexity index is 561. The van der Waals surface area contributed by atoms with E-state index >= 15 is 0 Å². The molecule has 0 amide bonds. The lowest BCUT2D eigenvalue weighted by Gasteiger charge is -2.18. The molecule has 0 atom stereocenters. The lowest BCUT2D eigenvalue weighted by Crippen LogP contribution is -2.04. The molecule has 0 bridgehead atoms. The highest BCUT2D eigenvalue weighted by Crippen LogP contribution is 2.38. The van der Waals surface area contributed by atoms with Crippen LogP contribution in [-0.4, -0.2) is 13.2 Å². The zero-order valence-electron chi connectivity index (χ0n) is 12.7. The minimum atomic E-state index is 0.726. The number of hydrogen-bond acceptors (Lipinski definition) is 2. The van der Waals surface area contributed by atoms with Crippen LogP contribution in [0.25, 0.3) is 10.8 Å². The molecule has 20 heavy (non-hydrogen) atoms. The zero-order chi connectivity index (χ0) is 14.4. The Balaban J connectivity index is 2.54. The molecule has 0 radical (unpaired) electrons. The van der Waals surface area contributed by atoms with E-state index in [-0.39, 0.29) is 0 Å². The van der Waals surface area contributed by atoms with Crippen molar-refractivity contribution in [2.75, 3.05) is 13.2 Å². The Kier molecular flexibility index (Phi) is 5.28. The summed E-state index contributed by atoms with van der Waals surface area (Å²) < 4.78 is 11.9. The van der Waals surface area contributed by atoms with E-state index in [0.29, 0.717) is 0 Å². The molecule has 0 spiro atoms. The minimum absolute atomic E-state index is 0.726. The van der Waals surface area contributed by atoms with E-state index < -0.39 is 0 Å². The smallest absolute Gasteiger partial charge is 0.164 e. The third kappa shape index (κ3) is 3.06. The van der Waals surface area contributed by atoms with Gasteiger partial charge in [-0.1, -0.05) is 45.0 Å². The molecule has 2 nitrogen and oxygen atoms in total. The van der Waals surface area contributed by atoms with Gasteiger partial charge in [0.25, 0.3) is 0 Å². The van der Waals surface area contributed by atoms with Crippen LogP contribution < -0.4 is 9.47 Å². The molecule has 0 aliphatic heterocycles. The Labute approximate surface area is 121 Å². The quantitative estimate of drug-likeness (QED) is 0.707. The number of aryl methyl sites for hydroxylation is 1. The van der Waals surface area contributed by atoms with Crippen molar-refractivity contribution in [1.82, 2.24) is 0 Å². The van der Waals surface area contributed by atoms with Gasteiger partial charge in [0.15, 0.2) is 11.5 Å². The Morgan fingerprint density at radius 2 is 1.60 bits per heavy atom. The predicted molar refractivity (Wildman–Crippen MR) is 84.9 cm³/mol. The third-order valence-electron chi connectivity index (χ3n) is 3.34. The van der Waals surface area contributed by atoms with Crippen molar-refractivity contribution in [2.45, 2.75) is 40.0 Å². The van der Waals surface area contributed by atoms with Gasteiger partial charge in [0.2, 0.25) is 0 Å². The second-order valence-corrected chi connectivity index (χ2v) is 4.95. The van der Waals surface area contributed by atoms with Gasteiger partial charge < -0.3 is 9.47 Å². The standard InChI is InChI=1S/C18H24O2/c1-4-11-19-17-13-14-9-7-8-10-16(14)15(6-3)18(17)20-12-5-2/h7-10,13H,4-6,11-12H2,1-3H3. The van der Waals surface area contributed by atoms with Crippen LogP contribution in [0.4, 0.5) is 0 Å². The number of ether oxygens (including phenoxy) is 2. The number of rotatable bonds is 7. The highest BCUT2D eigenvalue weighted by Gasteiger charge is 2.14. The summed E-state index contributed by atoms with van der Waals surface area (Å²) in [7, 11) is 0. The number of hydrogen-bond donors (Lipinski definition) is 0. The van der Waals surface area contributed by atoms with E-state index in [9.17, 15) is 0 Å². The van der Waals surface area contributed by atoms with Crippen LogP contribution >= 0.6 is 0 Å². The van der Waals surface area contributed by atoms with Crippen LogP contribution in [0.15, 0.2) is 30.3 Å². The maximum atomic E-state index is 5.99. The molecule has 2 aromatic carbocycles.